The average Bonchev–Trinajstić information content (AvgIpc) is 2.51. The molecule has 3 fully saturated rings. The highest BCUT2D eigenvalue weighted by Gasteiger charge is 2.40. The number of hydrogen-bond donors (Lipinski definition) is 0. The Morgan fingerprint density at radius 3 is 2.71 bits per heavy atom. The molecular formula is C16H20N2O3. The molecule has 0 amide bonds. The van der Waals surface area contributed by atoms with Crippen molar-refractivity contribution in [3.8, 4) is 0 Å². The van der Waals surface area contributed by atoms with Gasteiger partial charge in [-0.05, 0) is 50.8 Å². The Labute approximate surface area is 124 Å². The van der Waals surface area contributed by atoms with Crippen LogP contribution in [0.3, 0.4) is 0 Å². The molecule has 21 heavy (non-hydrogen) atoms. The first kappa shape index (κ1) is 14.2. The molecule has 2 bridgehead atoms. The molecule has 0 N–H and O–H groups in total. The molecule has 1 atom stereocenters. The van der Waals surface area contributed by atoms with E-state index in [-0.39, 0.29) is 22.6 Å². The summed E-state index contributed by atoms with van der Waals surface area (Å²) in [7, 11) is 0. The molecule has 3 saturated heterocycles. The molecule has 1 aromatic carbocycles. The summed E-state index contributed by atoms with van der Waals surface area (Å²) in [5.41, 5.74) is 1.12. The van der Waals surface area contributed by atoms with E-state index in [1.165, 1.54) is 6.07 Å². The van der Waals surface area contributed by atoms with Crippen molar-refractivity contribution < 1.29 is 9.72 Å². The number of carbonyl (C=O) groups excluding carboxylic acids is 1. The molecule has 4 rings (SSSR count). The molecule has 3 aliphatic rings. The fourth-order valence-corrected chi connectivity index (χ4v) is 3.60. The number of Topliss-reactive ketones (excluding diaryl/α,β-unsaturated/α-hetero) is 1. The van der Waals surface area contributed by atoms with E-state index in [0.29, 0.717) is 5.78 Å². The summed E-state index contributed by atoms with van der Waals surface area (Å²) in [6.45, 7) is 2.11. The maximum absolute atomic E-state index is 12.2. The number of piperidine rings is 3. The molecule has 3 heterocycles. The van der Waals surface area contributed by atoms with E-state index in [0.717, 1.165) is 50.8 Å². The van der Waals surface area contributed by atoms with E-state index in [1.54, 1.807) is 12.1 Å². The first-order valence-electron chi connectivity index (χ1n) is 7.66. The van der Waals surface area contributed by atoms with Gasteiger partial charge in [0.2, 0.25) is 0 Å². The summed E-state index contributed by atoms with van der Waals surface area (Å²) in [6.07, 6.45) is 4.63. The van der Waals surface area contributed by atoms with Gasteiger partial charge < -0.3 is 0 Å². The fourth-order valence-electron chi connectivity index (χ4n) is 3.60. The Morgan fingerprint density at radius 2 is 2.05 bits per heavy atom. The van der Waals surface area contributed by atoms with E-state index < -0.39 is 0 Å². The zero-order chi connectivity index (χ0) is 14.8. The Kier molecular flexibility index (Phi) is 4.01. The number of non-ortho nitro benzene ring substituents is 1. The normalized spacial score (nSPS) is 27.8. The zero-order valence-corrected chi connectivity index (χ0v) is 12.0. The predicted octanol–water partition coefficient (Wildman–Crippen LogP) is 2.58. The van der Waals surface area contributed by atoms with Crippen LogP contribution in [0.4, 0.5) is 5.69 Å². The van der Waals surface area contributed by atoms with Crippen molar-refractivity contribution in [2.24, 2.45) is 5.92 Å². The number of nitrogens with zero attached hydrogens (tertiary/aromatic N) is 2. The van der Waals surface area contributed by atoms with Gasteiger partial charge in [-0.15, -0.1) is 0 Å². The van der Waals surface area contributed by atoms with Crippen molar-refractivity contribution >= 4 is 11.5 Å². The number of fused-ring (bicyclic) bond motifs is 3. The smallest absolute Gasteiger partial charge is 0.269 e. The van der Waals surface area contributed by atoms with Gasteiger partial charge in [0, 0.05) is 18.1 Å². The van der Waals surface area contributed by atoms with Crippen molar-refractivity contribution in [1.29, 1.82) is 0 Å². The molecule has 0 aliphatic carbocycles. The lowest BCUT2D eigenvalue weighted by Gasteiger charge is -2.44. The second kappa shape index (κ2) is 5.93. The van der Waals surface area contributed by atoms with Crippen LogP contribution in [0.15, 0.2) is 24.3 Å². The van der Waals surface area contributed by atoms with Gasteiger partial charge in [0.25, 0.3) is 5.69 Å². The highest BCUT2D eigenvalue weighted by atomic mass is 16.6. The molecule has 5 heteroatoms. The topological polar surface area (TPSA) is 63.5 Å². The summed E-state index contributed by atoms with van der Waals surface area (Å²) in [5, 5.41) is 10.8. The lowest BCUT2D eigenvalue weighted by Crippen LogP contribution is -2.55. The summed E-state index contributed by atoms with van der Waals surface area (Å²) >= 11 is 0. The molecule has 0 radical (unpaired) electrons. The Bertz CT molecular complexity index is 550. The zero-order valence-electron chi connectivity index (χ0n) is 12.0. The SMILES string of the molecule is O=C1C2CCN(CC2)C1CCCc1cccc([N+](=O)[O-])c1. The summed E-state index contributed by atoms with van der Waals surface area (Å²) in [6, 6.07) is 6.89. The quantitative estimate of drug-likeness (QED) is 0.617. The number of carbonyl (C=O) groups is 1. The van der Waals surface area contributed by atoms with Gasteiger partial charge in [-0.2, -0.15) is 0 Å². The lowest BCUT2D eigenvalue weighted by atomic mass is 9.80. The van der Waals surface area contributed by atoms with Crippen molar-refractivity contribution in [1.82, 2.24) is 4.90 Å². The number of benzene rings is 1. The Morgan fingerprint density at radius 1 is 1.29 bits per heavy atom. The highest BCUT2D eigenvalue weighted by Crippen LogP contribution is 2.31. The van der Waals surface area contributed by atoms with Crippen LogP contribution in [0.25, 0.3) is 0 Å². The van der Waals surface area contributed by atoms with Crippen LogP contribution in [0.1, 0.15) is 31.2 Å². The van der Waals surface area contributed by atoms with Crippen LogP contribution in [0.5, 0.6) is 0 Å². The van der Waals surface area contributed by atoms with E-state index in [9.17, 15) is 14.9 Å². The Hall–Kier alpha value is -1.75. The van der Waals surface area contributed by atoms with E-state index in [1.807, 2.05) is 6.07 Å². The van der Waals surface area contributed by atoms with Gasteiger partial charge in [0.15, 0.2) is 5.78 Å². The van der Waals surface area contributed by atoms with Crippen LogP contribution >= 0.6 is 0 Å². The minimum atomic E-state index is -0.362. The van der Waals surface area contributed by atoms with Gasteiger partial charge in [-0.25, -0.2) is 0 Å². The van der Waals surface area contributed by atoms with E-state index in [4.69, 9.17) is 0 Å². The average molecular weight is 288 g/mol. The van der Waals surface area contributed by atoms with Crippen LogP contribution < -0.4 is 0 Å². The molecule has 112 valence electrons. The number of rotatable bonds is 5. The van der Waals surface area contributed by atoms with Gasteiger partial charge in [-0.1, -0.05) is 12.1 Å². The molecule has 3 aliphatic heterocycles. The summed E-state index contributed by atoms with van der Waals surface area (Å²) in [4.78, 5) is 25.0. The van der Waals surface area contributed by atoms with Crippen LogP contribution in [0, 0.1) is 16.0 Å². The molecular weight excluding hydrogens is 268 g/mol. The largest absolute Gasteiger partial charge is 0.298 e. The maximum atomic E-state index is 12.2. The van der Waals surface area contributed by atoms with Crippen LogP contribution in [-0.2, 0) is 11.2 Å². The number of nitro groups is 1. The summed E-state index contributed by atoms with van der Waals surface area (Å²) < 4.78 is 0. The number of hydrogen-bond acceptors (Lipinski definition) is 4. The monoisotopic (exact) mass is 288 g/mol. The lowest BCUT2D eigenvalue weighted by molar-refractivity contribution is -0.384. The number of nitro benzene ring substituents is 1. The third kappa shape index (κ3) is 2.97. The van der Waals surface area contributed by atoms with E-state index in [2.05, 4.69) is 4.90 Å². The molecule has 0 spiro atoms. The van der Waals surface area contributed by atoms with Gasteiger partial charge in [-0.3, -0.25) is 19.8 Å². The van der Waals surface area contributed by atoms with Crippen LogP contribution in [0.2, 0.25) is 0 Å². The first-order chi connectivity index (χ1) is 10.1. The van der Waals surface area contributed by atoms with Gasteiger partial charge in [0.1, 0.15) is 0 Å². The molecule has 1 unspecified atom stereocenters. The van der Waals surface area contributed by atoms with Crippen molar-refractivity contribution in [3.63, 3.8) is 0 Å². The molecule has 0 saturated carbocycles. The second-order valence-electron chi connectivity index (χ2n) is 6.05. The van der Waals surface area contributed by atoms with Crippen LogP contribution in [-0.4, -0.2) is 34.7 Å². The third-order valence-electron chi connectivity index (χ3n) is 4.77. The first-order valence-corrected chi connectivity index (χ1v) is 7.66. The molecule has 1 aromatic rings. The Balaban J connectivity index is 1.55. The van der Waals surface area contributed by atoms with Gasteiger partial charge in [0.05, 0.1) is 11.0 Å². The number of aryl methyl sites for hydroxylation is 1. The summed E-state index contributed by atoms with van der Waals surface area (Å²) in [5.74, 6) is 0.712. The van der Waals surface area contributed by atoms with E-state index >= 15 is 0 Å². The minimum absolute atomic E-state index is 0.0937. The molecule has 0 aromatic heterocycles. The maximum Gasteiger partial charge on any atom is 0.269 e. The molecule has 5 nitrogen and oxygen atoms in total. The van der Waals surface area contributed by atoms with Gasteiger partial charge >= 0.3 is 0 Å². The second-order valence-corrected chi connectivity index (χ2v) is 6.05. The van der Waals surface area contributed by atoms with Crippen molar-refractivity contribution in [3.05, 3.63) is 39.9 Å². The standard InChI is InChI=1S/C16H20N2O3/c19-16-13-7-9-17(10-8-13)15(16)6-2-4-12-3-1-5-14(11-12)18(20)21/h1,3,5,11,13,15H,2,4,6-10H2. The van der Waals surface area contributed by atoms with Crippen molar-refractivity contribution in [2.45, 2.75) is 38.1 Å². The highest BCUT2D eigenvalue weighted by molar-refractivity contribution is 5.87. The minimum Gasteiger partial charge on any atom is -0.298 e. The number of ketones is 1. The fraction of sp³-hybridized carbons (Fsp3) is 0.562. The van der Waals surface area contributed by atoms with Crippen molar-refractivity contribution in [2.75, 3.05) is 13.1 Å². The third-order valence-corrected chi connectivity index (χ3v) is 4.77. The predicted molar refractivity (Wildman–Crippen MR) is 79.1 cm³/mol.